The molecule has 0 unspecified atom stereocenters. The summed E-state index contributed by atoms with van der Waals surface area (Å²) >= 11 is 0. The number of aliphatic hydroxyl groups excluding tert-OH is 1. The summed E-state index contributed by atoms with van der Waals surface area (Å²) in [7, 11) is 0. The minimum atomic E-state index is -1.55. The highest BCUT2D eigenvalue weighted by molar-refractivity contribution is 5.98. The Balaban J connectivity index is 1.83. The number of carbonyl (C=O) groups excluding carboxylic acids is 8. The number of aromatic hydroxyl groups is 1. The smallest absolute Gasteiger partial charge is 0.326 e. The lowest BCUT2D eigenvalue weighted by molar-refractivity contribution is -0.148. The molecule has 2 fully saturated rings. The number of phenolic OH excluding ortho intramolecular Hbond substituents is 1. The van der Waals surface area contributed by atoms with Crippen molar-refractivity contribution in [2.24, 2.45) is 29.4 Å². The van der Waals surface area contributed by atoms with Crippen LogP contribution < -0.4 is 37.6 Å². The number of amides is 8. The van der Waals surface area contributed by atoms with E-state index in [1.807, 2.05) is 13.8 Å². The highest BCUT2D eigenvalue weighted by Gasteiger charge is 2.45. The normalized spacial score (nSPS) is 19.0. The number of carboxylic acids is 2. The van der Waals surface area contributed by atoms with E-state index >= 15 is 0 Å². The first-order valence-electron chi connectivity index (χ1n) is 25.2. The van der Waals surface area contributed by atoms with Crippen LogP contribution >= 0.6 is 0 Å². The van der Waals surface area contributed by atoms with E-state index in [1.54, 1.807) is 41.5 Å². The van der Waals surface area contributed by atoms with Crippen LogP contribution in [0.2, 0.25) is 0 Å². The zero-order valence-electron chi connectivity index (χ0n) is 43.5. The van der Waals surface area contributed by atoms with Gasteiger partial charge in [-0.25, -0.2) is 4.79 Å². The van der Waals surface area contributed by atoms with Crippen LogP contribution in [-0.2, 0) is 54.4 Å². The molecule has 408 valence electrons. The third-order valence-electron chi connectivity index (χ3n) is 12.9. The Kier molecular flexibility index (Phi) is 23.5. The number of aliphatic hydroxyl groups is 1. The lowest BCUT2D eigenvalue weighted by atomic mass is 9.99. The quantitative estimate of drug-likeness (QED) is 0.0548. The number of benzene rings is 1. The fourth-order valence-corrected chi connectivity index (χ4v) is 8.84. The van der Waals surface area contributed by atoms with Gasteiger partial charge in [0.2, 0.25) is 47.3 Å². The molecule has 12 N–H and O–H groups in total. The Morgan fingerprint density at radius 3 is 1.63 bits per heavy atom. The van der Waals surface area contributed by atoms with Gasteiger partial charge >= 0.3 is 11.9 Å². The fraction of sp³-hybridized carbons (Fsp3) is 0.680. The van der Waals surface area contributed by atoms with E-state index < -0.39 is 144 Å². The molecule has 1 aromatic rings. The zero-order chi connectivity index (χ0) is 55.0. The molecule has 2 saturated heterocycles. The second-order valence-corrected chi connectivity index (χ2v) is 20.8. The van der Waals surface area contributed by atoms with Gasteiger partial charge in [0.05, 0.1) is 6.10 Å². The van der Waals surface area contributed by atoms with Crippen LogP contribution in [0.4, 0.5) is 0 Å². The molecule has 0 saturated carbocycles. The second kappa shape index (κ2) is 28.2. The first kappa shape index (κ1) is 60.9. The summed E-state index contributed by atoms with van der Waals surface area (Å²) in [6.45, 7) is 15.4. The molecule has 73 heavy (non-hydrogen) atoms. The Bertz CT molecular complexity index is 2120. The maximum absolute atomic E-state index is 14.3. The van der Waals surface area contributed by atoms with Crippen LogP contribution in [-0.4, -0.2) is 163 Å². The molecule has 10 atom stereocenters. The lowest BCUT2D eigenvalue weighted by Gasteiger charge is -2.34. The zero-order valence-corrected chi connectivity index (χ0v) is 43.5. The average molecular weight is 1030 g/mol. The Labute approximate surface area is 426 Å². The Hall–Kier alpha value is -6.36. The lowest BCUT2D eigenvalue weighted by Crippen LogP contribution is -2.61. The van der Waals surface area contributed by atoms with Crippen molar-refractivity contribution in [3.63, 3.8) is 0 Å². The summed E-state index contributed by atoms with van der Waals surface area (Å²) in [5, 5.41) is 54.7. The summed E-state index contributed by atoms with van der Waals surface area (Å²) in [5.74, 6) is -9.95. The maximum atomic E-state index is 14.3. The van der Waals surface area contributed by atoms with E-state index in [1.165, 1.54) is 41.0 Å². The average Bonchev–Trinajstić information content (AvgIpc) is 4.01. The molecule has 8 amide bonds. The minimum absolute atomic E-state index is 0.0443. The number of carboxylic acid groups (broad SMARTS) is 2. The van der Waals surface area contributed by atoms with Gasteiger partial charge in [-0.1, -0.05) is 67.5 Å². The monoisotopic (exact) mass is 1030 g/mol. The van der Waals surface area contributed by atoms with Gasteiger partial charge in [-0.3, -0.25) is 43.2 Å². The van der Waals surface area contributed by atoms with Crippen LogP contribution in [0.3, 0.4) is 0 Å². The van der Waals surface area contributed by atoms with Gasteiger partial charge in [0, 0.05) is 25.9 Å². The number of hydrogen-bond donors (Lipinski definition) is 11. The van der Waals surface area contributed by atoms with E-state index in [-0.39, 0.29) is 56.4 Å². The summed E-state index contributed by atoms with van der Waals surface area (Å²) in [5.41, 5.74) is 6.34. The molecule has 1 aromatic carbocycles. The van der Waals surface area contributed by atoms with Gasteiger partial charge in [0.1, 0.15) is 60.1 Å². The molecule has 23 heteroatoms. The van der Waals surface area contributed by atoms with Gasteiger partial charge in [0.25, 0.3) is 0 Å². The molecule has 2 aliphatic rings. The third-order valence-corrected chi connectivity index (χ3v) is 12.9. The first-order chi connectivity index (χ1) is 34.1. The SMILES string of the molecule is CC(C)C[C@H](NC(=O)[C@@H]1CCCN1C(=O)[C@@H]1CCCN1C(=O)[C@H](CC(C)C)NC(=O)[C@@H](N)[C@@H](C)O)C(=O)N[C@@H](CCC(=O)O)C(=O)N[C@H](C(=O)N[C@@H](Cc1ccc(O)cc1)C(=O)N[C@H](C(=O)O)C(C)C)C(C)C. The van der Waals surface area contributed by atoms with E-state index in [0.717, 1.165) is 0 Å². The number of hydrogen-bond acceptors (Lipinski definition) is 13. The standard InChI is InChI=1S/C50H79N9O14/c1-25(2)22-33(53-45(67)36-12-10-20-58(36)49(71)37-13-11-21-59(37)48(70)35(23-26(3)4)55-46(68)39(51)29(9)60)43(65)52-32(18-19-38(62)63)42(64)56-40(27(5)6)47(69)54-34(24-30-14-16-31(61)17-15-30)44(66)57-41(28(7)8)50(72)73/h14-17,25-29,32-37,39-41,60-61H,10-13,18-24,51H2,1-9H3,(H,52,65)(H,53,67)(H,54,69)(H,55,68)(H,56,64)(H,57,66)(H,62,63)(H,72,73)/t29-,32+,33+,34+,35+,36+,37+,39+,40+,41+/m1/s1. The summed E-state index contributed by atoms with van der Waals surface area (Å²) in [6, 6.07) is -5.44. The van der Waals surface area contributed by atoms with Crippen molar-refractivity contribution in [2.75, 3.05) is 13.1 Å². The van der Waals surface area contributed by atoms with Gasteiger partial charge in [-0.15, -0.1) is 0 Å². The Morgan fingerprint density at radius 1 is 0.603 bits per heavy atom. The van der Waals surface area contributed by atoms with Gasteiger partial charge in [-0.2, -0.15) is 0 Å². The van der Waals surface area contributed by atoms with Crippen LogP contribution in [0.25, 0.3) is 0 Å². The Morgan fingerprint density at radius 2 is 1.10 bits per heavy atom. The van der Waals surface area contributed by atoms with Crippen molar-refractivity contribution >= 4 is 59.2 Å². The summed E-state index contributed by atoms with van der Waals surface area (Å²) < 4.78 is 0. The molecule has 3 rings (SSSR count). The molecular formula is C50H79N9O14. The number of carbonyl (C=O) groups is 10. The van der Waals surface area contributed by atoms with Crippen LogP contribution in [0.5, 0.6) is 5.75 Å². The van der Waals surface area contributed by atoms with E-state index in [0.29, 0.717) is 24.8 Å². The van der Waals surface area contributed by atoms with Crippen molar-refractivity contribution in [1.29, 1.82) is 0 Å². The topological polar surface area (TPSA) is 356 Å². The van der Waals surface area contributed by atoms with Crippen molar-refractivity contribution < 1.29 is 68.4 Å². The summed E-state index contributed by atoms with van der Waals surface area (Å²) in [4.78, 5) is 138. The number of rotatable bonds is 27. The number of nitrogens with two attached hydrogens (primary N) is 1. The number of likely N-dealkylation sites (tertiary alicyclic amines) is 2. The predicted octanol–water partition coefficient (Wildman–Crippen LogP) is -0.113. The maximum Gasteiger partial charge on any atom is 0.326 e. The van der Waals surface area contributed by atoms with Crippen LogP contribution in [0.1, 0.15) is 119 Å². The number of nitrogens with zero attached hydrogens (tertiary/aromatic N) is 2. The van der Waals surface area contributed by atoms with Gasteiger partial charge in [-0.05, 0) is 93.2 Å². The van der Waals surface area contributed by atoms with Gasteiger partial charge in [0.15, 0.2) is 0 Å². The molecule has 23 nitrogen and oxygen atoms in total. The van der Waals surface area contributed by atoms with Crippen molar-refractivity contribution in [3.05, 3.63) is 29.8 Å². The van der Waals surface area contributed by atoms with Gasteiger partial charge < -0.3 is 67.9 Å². The highest BCUT2D eigenvalue weighted by atomic mass is 16.4. The van der Waals surface area contributed by atoms with E-state index in [4.69, 9.17) is 5.73 Å². The van der Waals surface area contributed by atoms with Crippen LogP contribution in [0.15, 0.2) is 24.3 Å². The number of phenols is 1. The minimum Gasteiger partial charge on any atom is -0.508 e. The molecular weight excluding hydrogens is 951 g/mol. The molecule has 2 heterocycles. The van der Waals surface area contributed by atoms with Crippen molar-refractivity contribution in [3.8, 4) is 5.75 Å². The van der Waals surface area contributed by atoms with Crippen LogP contribution in [0, 0.1) is 23.7 Å². The van der Waals surface area contributed by atoms with Crippen molar-refractivity contribution in [1.82, 2.24) is 41.7 Å². The van der Waals surface area contributed by atoms with E-state index in [2.05, 4.69) is 31.9 Å². The largest absolute Gasteiger partial charge is 0.508 e. The molecule has 0 radical (unpaired) electrons. The predicted molar refractivity (Wildman–Crippen MR) is 266 cm³/mol. The fourth-order valence-electron chi connectivity index (χ4n) is 8.84. The highest BCUT2D eigenvalue weighted by Crippen LogP contribution is 2.27. The summed E-state index contributed by atoms with van der Waals surface area (Å²) in [6.07, 6.45) is -0.628. The molecule has 2 aliphatic heterocycles. The number of nitrogens with one attached hydrogen (secondary N) is 6. The third kappa shape index (κ3) is 18.3. The first-order valence-corrected chi connectivity index (χ1v) is 25.2. The second-order valence-electron chi connectivity index (χ2n) is 20.8. The molecule has 0 spiro atoms. The molecule has 0 aromatic heterocycles. The number of aliphatic carboxylic acids is 2. The van der Waals surface area contributed by atoms with Crippen molar-refractivity contribution in [2.45, 2.75) is 181 Å². The van der Waals surface area contributed by atoms with E-state index in [9.17, 15) is 68.4 Å². The molecule has 0 bridgehead atoms. The molecule has 0 aliphatic carbocycles.